The normalized spacial score (nSPS) is 38.2. The molecule has 0 aromatic carbocycles. The van der Waals surface area contributed by atoms with Crippen LogP contribution in [0.5, 0.6) is 0 Å². The second-order valence-corrected chi connectivity index (χ2v) is 5.31. The van der Waals surface area contributed by atoms with Crippen molar-refractivity contribution in [1.29, 1.82) is 0 Å². The molecule has 1 aliphatic carbocycles. The smallest absolute Gasteiger partial charge is 0.307 e. The van der Waals surface area contributed by atoms with Crippen LogP contribution >= 0.6 is 0 Å². The summed E-state index contributed by atoms with van der Waals surface area (Å²) in [5.41, 5.74) is 0. The number of nitrogens with zero attached hydrogens (tertiary/aromatic N) is 1. The number of aliphatic carboxylic acids is 1. The summed E-state index contributed by atoms with van der Waals surface area (Å²) in [6.07, 6.45) is 2.74. The first-order chi connectivity index (χ1) is 7.50. The molecular formula is C12H19NO3. The van der Waals surface area contributed by atoms with Crippen molar-refractivity contribution in [2.24, 2.45) is 17.8 Å². The molecule has 2 rings (SSSR count). The lowest BCUT2D eigenvalue weighted by atomic mass is 9.94. The van der Waals surface area contributed by atoms with Gasteiger partial charge in [0.25, 0.3) is 0 Å². The first kappa shape index (κ1) is 11.4. The van der Waals surface area contributed by atoms with Gasteiger partial charge in [0.05, 0.1) is 11.8 Å². The van der Waals surface area contributed by atoms with E-state index < -0.39 is 11.9 Å². The molecule has 2 unspecified atom stereocenters. The van der Waals surface area contributed by atoms with Crippen molar-refractivity contribution in [2.45, 2.75) is 39.2 Å². The minimum Gasteiger partial charge on any atom is -0.481 e. The van der Waals surface area contributed by atoms with Gasteiger partial charge in [-0.25, -0.2) is 0 Å². The Labute approximate surface area is 95.6 Å². The van der Waals surface area contributed by atoms with Crippen LogP contribution in [-0.2, 0) is 9.59 Å². The number of hydrogen-bond donors (Lipinski definition) is 1. The Morgan fingerprint density at radius 1 is 1.19 bits per heavy atom. The van der Waals surface area contributed by atoms with Crippen molar-refractivity contribution in [3.8, 4) is 0 Å². The molecule has 1 amide bonds. The van der Waals surface area contributed by atoms with Crippen LogP contribution in [0, 0.1) is 17.8 Å². The van der Waals surface area contributed by atoms with Crippen LogP contribution in [0.15, 0.2) is 0 Å². The molecule has 1 saturated carbocycles. The highest BCUT2D eigenvalue weighted by Crippen LogP contribution is 2.41. The number of likely N-dealkylation sites (tertiary alicyclic amines) is 1. The first-order valence-electron chi connectivity index (χ1n) is 6.04. The van der Waals surface area contributed by atoms with Crippen LogP contribution in [0.4, 0.5) is 0 Å². The molecule has 1 aliphatic heterocycles. The minimum absolute atomic E-state index is 0.0615. The van der Waals surface area contributed by atoms with E-state index in [-0.39, 0.29) is 17.9 Å². The van der Waals surface area contributed by atoms with Gasteiger partial charge in [0.1, 0.15) is 0 Å². The highest BCUT2D eigenvalue weighted by Gasteiger charge is 2.50. The van der Waals surface area contributed by atoms with Gasteiger partial charge >= 0.3 is 5.97 Å². The summed E-state index contributed by atoms with van der Waals surface area (Å²) < 4.78 is 0. The average Bonchev–Trinajstić information content (AvgIpc) is 3.00. The van der Waals surface area contributed by atoms with Crippen molar-refractivity contribution in [2.75, 3.05) is 6.54 Å². The molecule has 4 heteroatoms. The van der Waals surface area contributed by atoms with Gasteiger partial charge in [0.2, 0.25) is 5.91 Å². The zero-order chi connectivity index (χ0) is 11.9. The van der Waals surface area contributed by atoms with Gasteiger partial charge in [0.15, 0.2) is 0 Å². The minimum atomic E-state index is -0.823. The van der Waals surface area contributed by atoms with E-state index in [0.29, 0.717) is 12.3 Å². The van der Waals surface area contributed by atoms with Crippen LogP contribution < -0.4 is 0 Å². The Kier molecular flexibility index (Phi) is 2.91. The molecule has 16 heavy (non-hydrogen) atoms. The summed E-state index contributed by atoms with van der Waals surface area (Å²) in [4.78, 5) is 24.7. The average molecular weight is 225 g/mol. The lowest BCUT2D eigenvalue weighted by molar-refractivity contribution is -0.143. The Morgan fingerprint density at radius 3 is 2.44 bits per heavy atom. The van der Waals surface area contributed by atoms with Crippen LogP contribution in [0.3, 0.4) is 0 Å². The Balaban J connectivity index is 1.96. The number of piperidine rings is 1. The van der Waals surface area contributed by atoms with Crippen LogP contribution in [0.25, 0.3) is 0 Å². The summed E-state index contributed by atoms with van der Waals surface area (Å²) in [5.74, 6) is -0.883. The van der Waals surface area contributed by atoms with Crippen molar-refractivity contribution >= 4 is 11.9 Å². The first-order valence-corrected chi connectivity index (χ1v) is 6.04. The predicted molar refractivity (Wildman–Crippen MR) is 58.8 cm³/mol. The van der Waals surface area contributed by atoms with E-state index in [0.717, 1.165) is 19.4 Å². The van der Waals surface area contributed by atoms with Crippen LogP contribution in [0.2, 0.25) is 0 Å². The summed E-state index contributed by atoms with van der Waals surface area (Å²) in [6.45, 7) is 5.00. The second-order valence-electron chi connectivity index (χ2n) is 5.31. The second kappa shape index (κ2) is 4.07. The van der Waals surface area contributed by atoms with Gasteiger partial charge in [-0.2, -0.15) is 0 Å². The third kappa shape index (κ3) is 2.06. The van der Waals surface area contributed by atoms with E-state index >= 15 is 0 Å². The molecule has 4 atom stereocenters. The SMILES string of the molecule is CC1CCC(C)N(C(=O)[C@@H]2C[C@@H]2C(=O)O)C1. The molecule has 0 bridgehead atoms. The van der Waals surface area contributed by atoms with Crippen molar-refractivity contribution in [1.82, 2.24) is 4.90 Å². The number of hydrogen-bond acceptors (Lipinski definition) is 2. The van der Waals surface area contributed by atoms with Gasteiger partial charge < -0.3 is 10.0 Å². The molecule has 0 spiro atoms. The largest absolute Gasteiger partial charge is 0.481 e. The zero-order valence-corrected chi connectivity index (χ0v) is 9.85. The maximum atomic E-state index is 12.1. The maximum Gasteiger partial charge on any atom is 0.307 e. The molecule has 0 radical (unpaired) electrons. The van der Waals surface area contributed by atoms with E-state index in [1.54, 1.807) is 0 Å². The van der Waals surface area contributed by atoms with E-state index in [1.807, 2.05) is 4.90 Å². The highest BCUT2D eigenvalue weighted by molar-refractivity contribution is 5.89. The van der Waals surface area contributed by atoms with Crippen molar-refractivity contribution in [3.63, 3.8) is 0 Å². The fraction of sp³-hybridized carbons (Fsp3) is 0.833. The molecule has 2 fully saturated rings. The van der Waals surface area contributed by atoms with Crippen LogP contribution in [0.1, 0.15) is 33.1 Å². The van der Waals surface area contributed by atoms with Gasteiger partial charge in [-0.3, -0.25) is 9.59 Å². The summed E-state index contributed by atoms with van der Waals surface area (Å²) in [6, 6.07) is 0.277. The molecule has 1 heterocycles. The third-order valence-electron chi connectivity index (χ3n) is 3.83. The fourth-order valence-corrected chi connectivity index (χ4v) is 2.55. The molecule has 1 saturated heterocycles. The Hall–Kier alpha value is -1.06. The topological polar surface area (TPSA) is 57.6 Å². The molecule has 1 N–H and O–H groups in total. The van der Waals surface area contributed by atoms with Gasteiger partial charge in [-0.15, -0.1) is 0 Å². The monoisotopic (exact) mass is 225 g/mol. The number of carbonyl (C=O) groups is 2. The third-order valence-corrected chi connectivity index (χ3v) is 3.83. The fourth-order valence-electron chi connectivity index (χ4n) is 2.55. The number of amides is 1. The Bertz CT molecular complexity index is 315. The summed E-state index contributed by atoms with van der Waals surface area (Å²) in [7, 11) is 0. The molecule has 2 aliphatic rings. The highest BCUT2D eigenvalue weighted by atomic mass is 16.4. The van der Waals surface area contributed by atoms with Crippen molar-refractivity contribution < 1.29 is 14.7 Å². The molecule has 0 aromatic heterocycles. The zero-order valence-electron chi connectivity index (χ0n) is 9.85. The number of carboxylic acid groups (broad SMARTS) is 1. The molecule has 90 valence electrons. The Morgan fingerprint density at radius 2 is 1.88 bits per heavy atom. The quantitative estimate of drug-likeness (QED) is 0.771. The predicted octanol–water partition coefficient (Wildman–Crippen LogP) is 1.35. The number of carboxylic acids is 1. The molecule has 0 aromatic rings. The maximum absolute atomic E-state index is 12.1. The number of carbonyl (C=O) groups excluding carboxylic acids is 1. The van der Waals surface area contributed by atoms with Gasteiger partial charge in [-0.1, -0.05) is 6.92 Å². The van der Waals surface area contributed by atoms with Crippen LogP contribution in [-0.4, -0.2) is 34.5 Å². The van der Waals surface area contributed by atoms with Crippen molar-refractivity contribution in [3.05, 3.63) is 0 Å². The van der Waals surface area contributed by atoms with E-state index in [2.05, 4.69) is 13.8 Å². The lowest BCUT2D eigenvalue weighted by Crippen LogP contribution is -2.46. The van der Waals surface area contributed by atoms with Gasteiger partial charge in [-0.05, 0) is 32.1 Å². The van der Waals surface area contributed by atoms with E-state index in [1.165, 1.54) is 0 Å². The van der Waals surface area contributed by atoms with E-state index in [9.17, 15) is 9.59 Å². The summed E-state index contributed by atoms with van der Waals surface area (Å²) >= 11 is 0. The standard InChI is InChI=1S/C12H19NO3/c1-7-3-4-8(2)13(6-7)11(14)9-5-10(9)12(15)16/h7-10H,3-6H2,1-2H3,(H,15,16)/t7?,8?,9-,10+/m1/s1. The van der Waals surface area contributed by atoms with Gasteiger partial charge in [0, 0.05) is 12.6 Å². The molecular weight excluding hydrogens is 206 g/mol. The van der Waals surface area contributed by atoms with E-state index in [4.69, 9.17) is 5.11 Å². The number of rotatable bonds is 2. The lowest BCUT2D eigenvalue weighted by Gasteiger charge is -2.37. The molecule has 4 nitrogen and oxygen atoms in total. The summed E-state index contributed by atoms with van der Waals surface area (Å²) in [5, 5.41) is 8.82.